The van der Waals surface area contributed by atoms with Gasteiger partial charge < -0.3 is 4.90 Å². The number of nitrogens with zero attached hydrogens (tertiary/aromatic N) is 1. The maximum Gasteiger partial charge on any atom is 0.237 e. The third kappa shape index (κ3) is 4.03. The molecule has 1 N–H and O–H groups in total. The van der Waals surface area contributed by atoms with Crippen molar-refractivity contribution in [1.82, 2.24) is 10.2 Å². The molecule has 1 heterocycles. The van der Waals surface area contributed by atoms with E-state index in [2.05, 4.69) is 18.5 Å². The normalized spacial score (nSPS) is 21.3. The van der Waals surface area contributed by atoms with E-state index in [1.54, 1.807) is 0 Å². The number of rotatable bonds is 7. The molecule has 1 fully saturated rings. The van der Waals surface area contributed by atoms with Crippen LogP contribution < -0.4 is 5.32 Å². The molecule has 0 aliphatic carbocycles. The Morgan fingerprint density at radius 3 is 2.93 bits per heavy atom. The molecule has 4 heteroatoms. The van der Waals surface area contributed by atoms with Crippen LogP contribution in [-0.4, -0.2) is 42.1 Å². The molecule has 0 aromatic heterocycles. The van der Waals surface area contributed by atoms with Crippen molar-refractivity contribution in [3.05, 3.63) is 0 Å². The predicted molar refractivity (Wildman–Crippen MR) is 66.0 cm³/mol. The van der Waals surface area contributed by atoms with Gasteiger partial charge in [0.25, 0.3) is 0 Å². The maximum atomic E-state index is 11.5. The van der Waals surface area contributed by atoms with E-state index in [1.165, 1.54) is 18.6 Å². The first kappa shape index (κ1) is 12.8. The quantitative estimate of drug-likeness (QED) is 0.676. The van der Waals surface area contributed by atoms with Gasteiger partial charge in [0.15, 0.2) is 0 Å². The summed E-state index contributed by atoms with van der Waals surface area (Å²) in [6.45, 7) is 3.58. The fourth-order valence-corrected chi connectivity index (χ4v) is 2.43. The first-order chi connectivity index (χ1) is 7.29. The van der Waals surface area contributed by atoms with Crippen LogP contribution in [0.15, 0.2) is 0 Å². The zero-order valence-corrected chi connectivity index (χ0v) is 10.6. The Kier molecular flexibility index (Phi) is 6.10. The molecule has 15 heavy (non-hydrogen) atoms. The van der Waals surface area contributed by atoms with Gasteiger partial charge >= 0.3 is 0 Å². The van der Waals surface area contributed by atoms with Crippen LogP contribution in [0.2, 0.25) is 0 Å². The smallest absolute Gasteiger partial charge is 0.237 e. The van der Waals surface area contributed by atoms with Crippen LogP contribution in [0.1, 0.15) is 32.6 Å². The summed E-state index contributed by atoms with van der Waals surface area (Å²) in [6.07, 6.45) is 7.09. The minimum absolute atomic E-state index is 0.270. The molecule has 0 bridgehead atoms. The number of hydrogen-bond acceptors (Lipinski definition) is 3. The summed E-state index contributed by atoms with van der Waals surface area (Å²) in [6, 6.07) is 0. The molecule has 0 spiro atoms. The molecule has 1 aliphatic rings. The van der Waals surface area contributed by atoms with Crippen molar-refractivity contribution in [2.75, 3.05) is 25.1 Å². The molecule has 0 radical (unpaired) electrons. The van der Waals surface area contributed by atoms with Crippen molar-refractivity contribution in [1.29, 1.82) is 0 Å². The number of unbranched alkanes of at least 4 members (excludes halogenated alkanes) is 2. The van der Waals surface area contributed by atoms with Gasteiger partial charge in [0.05, 0.1) is 12.7 Å². The highest BCUT2D eigenvalue weighted by Crippen LogP contribution is 2.11. The van der Waals surface area contributed by atoms with E-state index in [0.29, 0.717) is 6.54 Å². The molecular weight excluding hydrogens is 208 g/mol. The van der Waals surface area contributed by atoms with Crippen LogP contribution in [0.5, 0.6) is 0 Å². The molecule has 88 valence electrons. The van der Waals surface area contributed by atoms with Gasteiger partial charge in [-0.3, -0.25) is 10.1 Å². The summed E-state index contributed by atoms with van der Waals surface area (Å²) < 4.78 is 0. The lowest BCUT2D eigenvalue weighted by Crippen LogP contribution is -2.37. The van der Waals surface area contributed by atoms with E-state index in [0.717, 1.165) is 19.4 Å². The van der Waals surface area contributed by atoms with Crippen molar-refractivity contribution in [2.24, 2.45) is 0 Å². The molecule has 1 rings (SSSR count). The first-order valence-corrected chi connectivity index (χ1v) is 7.20. The molecule has 0 aromatic carbocycles. The molecule has 1 unspecified atom stereocenters. The van der Waals surface area contributed by atoms with E-state index < -0.39 is 0 Å². The molecule has 1 atom stereocenters. The van der Waals surface area contributed by atoms with Gasteiger partial charge in [0.1, 0.15) is 0 Å². The Bertz CT molecular complexity index is 199. The molecule has 1 amide bonds. The number of amides is 1. The summed E-state index contributed by atoms with van der Waals surface area (Å²) in [4.78, 5) is 13.5. The maximum absolute atomic E-state index is 11.5. The lowest BCUT2D eigenvalue weighted by molar-refractivity contribution is -0.128. The van der Waals surface area contributed by atoms with E-state index in [1.807, 2.05) is 16.7 Å². The highest BCUT2D eigenvalue weighted by molar-refractivity contribution is 7.98. The average molecular weight is 230 g/mol. The van der Waals surface area contributed by atoms with Crippen LogP contribution in [0.25, 0.3) is 0 Å². The second kappa shape index (κ2) is 7.12. The lowest BCUT2D eigenvalue weighted by Gasteiger charge is -2.23. The molecular formula is C11H22N2OS. The van der Waals surface area contributed by atoms with E-state index >= 15 is 0 Å². The van der Waals surface area contributed by atoms with Crippen LogP contribution in [0.4, 0.5) is 0 Å². The van der Waals surface area contributed by atoms with E-state index in [9.17, 15) is 4.79 Å². The van der Waals surface area contributed by atoms with Crippen LogP contribution >= 0.6 is 11.8 Å². The minimum Gasteiger partial charge on any atom is -0.326 e. The highest BCUT2D eigenvalue weighted by Gasteiger charge is 2.27. The summed E-state index contributed by atoms with van der Waals surface area (Å²) >= 11 is 1.90. The predicted octanol–water partition coefficient (Wildman–Crippen LogP) is 1.69. The van der Waals surface area contributed by atoms with Crippen LogP contribution in [-0.2, 0) is 4.79 Å². The third-order valence-corrected chi connectivity index (χ3v) is 3.52. The Morgan fingerprint density at radius 1 is 1.47 bits per heavy atom. The first-order valence-electron chi connectivity index (χ1n) is 5.81. The second-order valence-electron chi connectivity index (χ2n) is 3.95. The van der Waals surface area contributed by atoms with Crippen molar-refractivity contribution >= 4 is 17.7 Å². The van der Waals surface area contributed by atoms with Gasteiger partial charge in [-0.05, 0) is 31.3 Å². The molecule has 1 saturated heterocycles. The van der Waals surface area contributed by atoms with Crippen molar-refractivity contribution < 1.29 is 4.79 Å². The van der Waals surface area contributed by atoms with Crippen LogP contribution in [0, 0.1) is 0 Å². The lowest BCUT2D eigenvalue weighted by atomic mass is 10.2. The van der Waals surface area contributed by atoms with Gasteiger partial charge in [-0.15, -0.1) is 0 Å². The largest absolute Gasteiger partial charge is 0.326 e. The molecule has 3 nitrogen and oxygen atoms in total. The topological polar surface area (TPSA) is 32.3 Å². The monoisotopic (exact) mass is 230 g/mol. The van der Waals surface area contributed by atoms with Crippen molar-refractivity contribution in [3.63, 3.8) is 0 Å². The molecule has 0 saturated carbocycles. The van der Waals surface area contributed by atoms with E-state index in [4.69, 9.17) is 0 Å². The number of nitrogens with one attached hydrogen (secondary N) is 1. The van der Waals surface area contributed by atoms with Gasteiger partial charge in [-0.2, -0.15) is 11.8 Å². The summed E-state index contributed by atoms with van der Waals surface area (Å²) in [5.41, 5.74) is 0. The SMILES string of the molecule is CCC1NCC(=O)N1CCCCCSC. The Balaban J connectivity index is 2.15. The standard InChI is InChI=1S/C11H22N2OS/c1-3-10-12-9-11(14)13(10)7-5-4-6-8-15-2/h10,12H,3-9H2,1-2H3. The fraction of sp³-hybridized carbons (Fsp3) is 0.909. The minimum atomic E-state index is 0.270. The zero-order chi connectivity index (χ0) is 11.1. The molecule has 0 aromatic rings. The molecule has 1 aliphatic heterocycles. The van der Waals surface area contributed by atoms with Gasteiger partial charge in [-0.25, -0.2) is 0 Å². The van der Waals surface area contributed by atoms with Crippen molar-refractivity contribution in [2.45, 2.75) is 38.8 Å². The Labute approximate surface area is 97.0 Å². The summed E-state index contributed by atoms with van der Waals surface area (Å²) in [5.74, 6) is 1.51. The average Bonchev–Trinajstić information content (AvgIpc) is 2.60. The van der Waals surface area contributed by atoms with Crippen LogP contribution in [0.3, 0.4) is 0 Å². The van der Waals surface area contributed by atoms with Gasteiger partial charge in [-0.1, -0.05) is 13.3 Å². The fourth-order valence-electron chi connectivity index (χ4n) is 1.94. The zero-order valence-electron chi connectivity index (χ0n) is 9.79. The second-order valence-corrected chi connectivity index (χ2v) is 4.93. The summed E-state index contributed by atoms with van der Waals surface area (Å²) in [7, 11) is 0. The van der Waals surface area contributed by atoms with Gasteiger partial charge in [0, 0.05) is 6.54 Å². The number of carbonyl (C=O) groups is 1. The Hall–Kier alpha value is -0.220. The van der Waals surface area contributed by atoms with Gasteiger partial charge in [0.2, 0.25) is 5.91 Å². The Morgan fingerprint density at radius 2 is 2.27 bits per heavy atom. The number of carbonyl (C=O) groups excluding carboxylic acids is 1. The highest BCUT2D eigenvalue weighted by atomic mass is 32.2. The van der Waals surface area contributed by atoms with E-state index in [-0.39, 0.29) is 12.1 Å². The van der Waals surface area contributed by atoms with Crippen molar-refractivity contribution in [3.8, 4) is 0 Å². The number of thioether (sulfide) groups is 1. The number of hydrogen-bond donors (Lipinski definition) is 1. The third-order valence-electron chi connectivity index (χ3n) is 2.82. The summed E-state index contributed by atoms with van der Waals surface area (Å²) in [5, 5.41) is 3.23.